The lowest BCUT2D eigenvalue weighted by molar-refractivity contribution is -0.149. The van der Waals surface area contributed by atoms with Gasteiger partial charge in [0.15, 0.2) is 0 Å². The molecule has 1 N–H and O–H groups in total. The van der Waals surface area contributed by atoms with E-state index in [1.54, 1.807) is 0 Å². The van der Waals surface area contributed by atoms with Gasteiger partial charge in [-0.3, -0.25) is 9.48 Å². The topological polar surface area (TPSA) is 55.1 Å². The standard InChI is InChI=1S/C13H19BrN2O2/c1-4-16-10(11(14)8(2)15-16)7-13(3,12(17)18)9-5-6-9/h9H,4-7H2,1-3H3,(H,17,18). The van der Waals surface area contributed by atoms with Crippen molar-refractivity contribution in [3.05, 3.63) is 15.9 Å². The lowest BCUT2D eigenvalue weighted by atomic mass is 9.80. The van der Waals surface area contributed by atoms with Gasteiger partial charge in [-0.25, -0.2) is 0 Å². The Hall–Kier alpha value is -0.840. The van der Waals surface area contributed by atoms with Gasteiger partial charge in [0.2, 0.25) is 0 Å². The summed E-state index contributed by atoms with van der Waals surface area (Å²) in [5.41, 5.74) is 1.27. The molecule has 2 rings (SSSR count). The van der Waals surface area contributed by atoms with Crippen molar-refractivity contribution in [2.45, 2.75) is 46.6 Å². The summed E-state index contributed by atoms with van der Waals surface area (Å²) in [4.78, 5) is 11.6. The van der Waals surface area contributed by atoms with Crippen LogP contribution in [0.1, 0.15) is 38.1 Å². The van der Waals surface area contributed by atoms with E-state index in [1.807, 2.05) is 25.5 Å². The van der Waals surface area contributed by atoms with Gasteiger partial charge in [-0.05, 0) is 55.5 Å². The highest BCUT2D eigenvalue weighted by atomic mass is 79.9. The van der Waals surface area contributed by atoms with Crippen molar-refractivity contribution in [2.24, 2.45) is 11.3 Å². The van der Waals surface area contributed by atoms with Crippen LogP contribution >= 0.6 is 15.9 Å². The molecule has 1 aliphatic carbocycles. The van der Waals surface area contributed by atoms with Crippen molar-refractivity contribution in [3.63, 3.8) is 0 Å². The number of aliphatic carboxylic acids is 1. The molecule has 0 saturated heterocycles. The number of carboxylic acids is 1. The van der Waals surface area contributed by atoms with Crippen LogP contribution in [0.15, 0.2) is 4.47 Å². The number of nitrogens with zero attached hydrogens (tertiary/aromatic N) is 2. The van der Waals surface area contributed by atoms with Gasteiger partial charge in [0.05, 0.1) is 21.3 Å². The van der Waals surface area contributed by atoms with E-state index in [0.29, 0.717) is 12.3 Å². The maximum atomic E-state index is 11.6. The third kappa shape index (κ3) is 2.20. The number of carbonyl (C=O) groups is 1. The van der Waals surface area contributed by atoms with E-state index in [2.05, 4.69) is 21.0 Å². The normalized spacial score (nSPS) is 18.7. The second-order valence-electron chi connectivity index (χ2n) is 5.34. The number of hydrogen-bond donors (Lipinski definition) is 1. The first-order valence-electron chi connectivity index (χ1n) is 6.35. The minimum Gasteiger partial charge on any atom is -0.481 e. The van der Waals surface area contributed by atoms with Crippen LogP contribution in [0.5, 0.6) is 0 Å². The predicted molar refractivity (Wildman–Crippen MR) is 72.5 cm³/mol. The molecule has 5 heteroatoms. The average molecular weight is 315 g/mol. The molecule has 0 bridgehead atoms. The first kappa shape index (κ1) is 13.6. The second-order valence-corrected chi connectivity index (χ2v) is 6.13. The number of hydrogen-bond acceptors (Lipinski definition) is 2. The van der Waals surface area contributed by atoms with Gasteiger partial charge in [0.25, 0.3) is 0 Å². The van der Waals surface area contributed by atoms with Crippen molar-refractivity contribution < 1.29 is 9.90 Å². The summed E-state index contributed by atoms with van der Waals surface area (Å²) < 4.78 is 2.86. The second kappa shape index (κ2) is 4.68. The van der Waals surface area contributed by atoms with Crippen LogP contribution in [0.4, 0.5) is 0 Å². The molecule has 1 saturated carbocycles. The molecule has 1 atom stereocenters. The fourth-order valence-electron chi connectivity index (χ4n) is 2.50. The van der Waals surface area contributed by atoms with E-state index in [9.17, 15) is 9.90 Å². The Labute approximate surface area is 116 Å². The minimum absolute atomic E-state index is 0.308. The Kier molecular flexibility index (Phi) is 3.54. The van der Waals surface area contributed by atoms with E-state index in [-0.39, 0.29) is 0 Å². The smallest absolute Gasteiger partial charge is 0.310 e. The molecule has 100 valence electrons. The van der Waals surface area contributed by atoms with Gasteiger partial charge in [0, 0.05) is 13.0 Å². The highest BCUT2D eigenvalue weighted by Gasteiger charge is 2.48. The lowest BCUT2D eigenvalue weighted by Gasteiger charge is -2.25. The molecule has 0 aliphatic heterocycles. The third-order valence-corrected chi connectivity index (χ3v) is 4.99. The van der Waals surface area contributed by atoms with Crippen molar-refractivity contribution >= 4 is 21.9 Å². The summed E-state index contributed by atoms with van der Waals surface area (Å²) >= 11 is 3.54. The van der Waals surface area contributed by atoms with Gasteiger partial charge >= 0.3 is 5.97 Å². The lowest BCUT2D eigenvalue weighted by Crippen LogP contribution is -2.33. The zero-order valence-corrected chi connectivity index (χ0v) is 12.6. The summed E-state index contributed by atoms with van der Waals surface area (Å²) in [6, 6.07) is 0. The van der Waals surface area contributed by atoms with Gasteiger partial charge in [-0.15, -0.1) is 0 Å². The fourth-order valence-corrected chi connectivity index (χ4v) is 2.92. The molecule has 18 heavy (non-hydrogen) atoms. The quantitative estimate of drug-likeness (QED) is 0.909. The first-order chi connectivity index (χ1) is 8.40. The fraction of sp³-hybridized carbons (Fsp3) is 0.692. The van der Waals surface area contributed by atoms with Crippen LogP contribution in [0, 0.1) is 18.3 Å². The maximum Gasteiger partial charge on any atom is 0.310 e. The van der Waals surface area contributed by atoms with Gasteiger partial charge in [-0.1, -0.05) is 0 Å². The highest BCUT2D eigenvalue weighted by molar-refractivity contribution is 9.10. The molecule has 1 unspecified atom stereocenters. The third-order valence-electron chi connectivity index (χ3n) is 3.95. The van der Waals surface area contributed by atoms with Crippen molar-refractivity contribution in [1.29, 1.82) is 0 Å². The van der Waals surface area contributed by atoms with E-state index in [1.165, 1.54) is 0 Å². The summed E-state index contributed by atoms with van der Waals surface area (Å²) in [5.74, 6) is -0.388. The Morgan fingerprint density at radius 2 is 2.22 bits per heavy atom. The van der Waals surface area contributed by atoms with E-state index < -0.39 is 11.4 Å². The molecule has 1 heterocycles. The minimum atomic E-state index is -0.696. The Morgan fingerprint density at radius 3 is 2.67 bits per heavy atom. The number of carboxylic acid groups (broad SMARTS) is 1. The van der Waals surface area contributed by atoms with Crippen LogP contribution in [0.2, 0.25) is 0 Å². The van der Waals surface area contributed by atoms with E-state index >= 15 is 0 Å². The molecule has 1 fully saturated rings. The predicted octanol–water partition coefficient (Wildman–Crippen LogP) is 3.02. The number of halogens is 1. The summed E-state index contributed by atoms with van der Waals surface area (Å²) in [5, 5.41) is 13.9. The van der Waals surface area contributed by atoms with Crippen LogP contribution < -0.4 is 0 Å². The van der Waals surface area contributed by atoms with Crippen LogP contribution in [0.3, 0.4) is 0 Å². The molecule has 1 aromatic rings. The molecule has 0 spiro atoms. The zero-order valence-electron chi connectivity index (χ0n) is 11.0. The van der Waals surface area contributed by atoms with Gasteiger partial charge < -0.3 is 5.11 Å². The van der Waals surface area contributed by atoms with Gasteiger partial charge in [-0.2, -0.15) is 5.10 Å². The molecule has 4 nitrogen and oxygen atoms in total. The number of aromatic nitrogens is 2. The Balaban J connectivity index is 2.35. The van der Waals surface area contributed by atoms with Crippen LogP contribution in [-0.2, 0) is 17.8 Å². The van der Waals surface area contributed by atoms with Crippen molar-refractivity contribution in [2.75, 3.05) is 0 Å². The van der Waals surface area contributed by atoms with E-state index in [0.717, 1.165) is 35.2 Å². The summed E-state index contributed by atoms with van der Waals surface area (Å²) in [7, 11) is 0. The number of aryl methyl sites for hydroxylation is 2. The highest BCUT2D eigenvalue weighted by Crippen LogP contribution is 2.48. The Morgan fingerprint density at radius 1 is 1.61 bits per heavy atom. The molecular formula is C13H19BrN2O2. The summed E-state index contributed by atoms with van der Waals surface area (Å²) in [6.07, 6.45) is 2.60. The molecule has 0 aromatic carbocycles. The van der Waals surface area contributed by atoms with Crippen LogP contribution in [-0.4, -0.2) is 20.9 Å². The maximum absolute atomic E-state index is 11.6. The molecule has 1 aromatic heterocycles. The van der Waals surface area contributed by atoms with E-state index in [4.69, 9.17) is 0 Å². The molecule has 1 aliphatic rings. The SMILES string of the molecule is CCn1nc(C)c(Br)c1CC(C)(C(=O)O)C1CC1. The molecular weight excluding hydrogens is 296 g/mol. The number of rotatable bonds is 5. The largest absolute Gasteiger partial charge is 0.481 e. The van der Waals surface area contributed by atoms with Crippen LogP contribution in [0.25, 0.3) is 0 Å². The first-order valence-corrected chi connectivity index (χ1v) is 7.14. The van der Waals surface area contributed by atoms with Crippen molar-refractivity contribution in [3.8, 4) is 0 Å². The van der Waals surface area contributed by atoms with Gasteiger partial charge in [0.1, 0.15) is 0 Å². The average Bonchev–Trinajstić information content (AvgIpc) is 3.12. The van der Waals surface area contributed by atoms with Crippen molar-refractivity contribution in [1.82, 2.24) is 9.78 Å². The molecule has 0 amide bonds. The summed E-state index contributed by atoms with van der Waals surface area (Å²) in [6.45, 7) is 6.59. The monoisotopic (exact) mass is 314 g/mol. The Bertz CT molecular complexity index is 480. The molecule has 0 radical (unpaired) electrons. The zero-order chi connectivity index (χ0) is 13.5.